The molecule has 0 saturated heterocycles. The van der Waals surface area contributed by atoms with E-state index in [1.807, 2.05) is 6.92 Å². The molecule has 0 heterocycles. The summed E-state index contributed by atoms with van der Waals surface area (Å²) in [6, 6.07) is 2.58. The van der Waals surface area contributed by atoms with Crippen LogP contribution < -0.4 is 0 Å². The summed E-state index contributed by atoms with van der Waals surface area (Å²) < 4.78 is 23.2. The number of rotatable bonds is 12. The van der Waals surface area contributed by atoms with Crippen molar-refractivity contribution in [3.8, 4) is 0 Å². The lowest BCUT2D eigenvalue weighted by Crippen LogP contribution is -2.50. The first kappa shape index (κ1) is 25.8. The van der Waals surface area contributed by atoms with E-state index in [4.69, 9.17) is 17.7 Å². The van der Waals surface area contributed by atoms with E-state index in [-0.39, 0.29) is 11.9 Å². The lowest BCUT2D eigenvalue weighted by molar-refractivity contribution is -0.139. The van der Waals surface area contributed by atoms with Gasteiger partial charge in [-0.15, -0.1) is 0 Å². The Morgan fingerprint density at radius 1 is 0.821 bits per heavy atom. The van der Waals surface area contributed by atoms with Crippen LogP contribution in [-0.2, 0) is 22.5 Å². The molecule has 0 radical (unpaired) electrons. The molecule has 0 aromatic rings. The molecule has 0 bridgehead atoms. The van der Waals surface area contributed by atoms with Crippen molar-refractivity contribution in [2.45, 2.75) is 90.4 Å². The maximum Gasteiger partial charge on any atom is 0.501 e. The average molecular weight is 433 g/mol. The Hall–Kier alpha value is -0.216. The van der Waals surface area contributed by atoms with E-state index in [1.54, 1.807) is 21.3 Å². The van der Waals surface area contributed by atoms with Crippen molar-refractivity contribution in [2.24, 2.45) is 17.8 Å². The van der Waals surface area contributed by atoms with Crippen molar-refractivity contribution in [2.75, 3.05) is 21.3 Å². The molecule has 0 aliphatic heterocycles. The first-order valence-corrected chi connectivity index (χ1v) is 15.3. The molecule has 5 nitrogen and oxygen atoms in total. The van der Waals surface area contributed by atoms with Gasteiger partial charge in [-0.3, -0.25) is 4.79 Å². The molecule has 1 fully saturated rings. The number of hydrogen-bond acceptors (Lipinski definition) is 5. The molecule has 1 atom stereocenters. The van der Waals surface area contributed by atoms with Gasteiger partial charge in [0.1, 0.15) is 0 Å². The molecule has 0 amide bonds. The zero-order valence-electron chi connectivity index (χ0n) is 19.5. The third-order valence-electron chi connectivity index (χ3n) is 6.05. The van der Waals surface area contributed by atoms with Crippen molar-refractivity contribution in [1.82, 2.24) is 0 Å². The van der Waals surface area contributed by atoms with E-state index in [0.29, 0.717) is 23.4 Å². The Morgan fingerprint density at radius 2 is 1.29 bits per heavy atom. The van der Waals surface area contributed by atoms with Gasteiger partial charge in [-0.05, 0) is 42.3 Å². The van der Waals surface area contributed by atoms with Gasteiger partial charge in [0.05, 0.1) is 5.92 Å². The third kappa shape index (κ3) is 7.24. The summed E-state index contributed by atoms with van der Waals surface area (Å²) in [6.45, 7) is 11.0. The molecule has 1 aliphatic carbocycles. The zero-order chi connectivity index (χ0) is 21.4. The lowest BCUT2D eigenvalue weighted by atomic mass is 10.0. The summed E-state index contributed by atoms with van der Waals surface area (Å²) in [4.78, 5) is 13.3. The van der Waals surface area contributed by atoms with Gasteiger partial charge in [0.25, 0.3) is 14.3 Å². The third-order valence-corrected chi connectivity index (χ3v) is 14.7. The summed E-state index contributed by atoms with van der Waals surface area (Å²) in [5, 5.41) is 0. The predicted molar refractivity (Wildman–Crippen MR) is 119 cm³/mol. The van der Waals surface area contributed by atoms with Crippen LogP contribution in [0.5, 0.6) is 0 Å². The summed E-state index contributed by atoms with van der Waals surface area (Å²) in [5.74, 6) is 0.713. The maximum atomic E-state index is 13.3. The molecule has 0 spiro atoms. The van der Waals surface area contributed by atoms with Gasteiger partial charge in [-0.25, -0.2) is 0 Å². The largest absolute Gasteiger partial charge is 0.519 e. The molecule has 1 aliphatic rings. The van der Waals surface area contributed by atoms with Crippen LogP contribution in [0.2, 0.25) is 23.7 Å². The molecular formula is C21H44O5Si2. The summed E-state index contributed by atoms with van der Waals surface area (Å²) in [5.41, 5.74) is 0.594. The van der Waals surface area contributed by atoms with Crippen LogP contribution in [0.4, 0.5) is 0 Å². The van der Waals surface area contributed by atoms with Crippen LogP contribution >= 0.6 is 0 Å². The van der Waals surface area contributed by atoms with Gasteiger partial charge >= 0.3 is 8.80 Å². The van der Waals surface area contributed by atoms with E-state index < -0.39 is 17.1 Å². The normalized spacial score (nSPS) is 17.9. The topological polar surface area (TPSA) is 54.0 Å². The molecule has 166 valence electrons. The molecule has 1 saturated carbocycles. The highest BCUT2D eigenvalue weighted by atomic mass is 28.4. The smallest absolute Gasteiger partial charge is 0.501 e. The summed E-state index contributed by atoms with van der Waals surface area (Å²) in [6.07, 6.45) is 6.31. The standard InChI is InChI=1S/C21H44O5Si2/c1-17(2)14-27(15-18(3)4,20-12-10-9-11-13-20)26-21(22)19(5)16-28(23-6,24-7)25-8/h17-20H,9-16H2,1-8H3. The van der Waals surface area contributed by atoms with Crippen LogP contribution in [0, 0.1) is 17.8 Å². The second kappa shape index (κ2) is 11.8. The molecule has 1 unspecified atom stereocenters. The van der Waals surface area contributed by atoms with Crippen molar-refractivity contribution < 1.29 is 22.5 Å². The molecule has 28 heavy (non-hydrogen) atoms. The first-order chi connectivity index (χ1) is 13.1. The Morgan fingerprint density at radius 3 is 1.68 bits per heavy atom. The Balaban J connectivity index is 3.06. The molecule has 0 N–H and O–H groups in total. The van der Waals surface area contributed by atoms with Crippen LogP contribution in [0.15, 0.2) is 0 Å². The van der Waals surface area contributed by atoms with E-state index in [9.17, 15) is 4.79 Å². The van der Waals surface area contributed by atoms with Crippen LogP contribution in [0.3, 0.4) is 0 Å². The minimum absolute atomic E-state index is 0.0819. The van der Waals surface area contributed by atoms with Crippen molar-refractivity contribution in [3.05, 3.63) is 0 Å². The monoisotopic (exact) mass is 432 g/mol. The minimum Gasteiger partial charge on any atom is -0.519 e. The zero-order valence-corrected chi connectivity index (χ0v) is 21.5. The van der Waals surface area contributed by atoms with Crippen molar-refractivity contribution in [1.29, 1.82) is 0 Å². The summed E-state index contributed by atoms with van der Waals surface area (Å²) in [7, 11) is -0.237. The Labute approximate surface area is 175 Å². The summed E-state index contributed by atoms with van der Waals surface area (Å²) >= 11 is 0. The van der Waals surface area contributed by atoms with Gasteiger partial charge in [0.15, 0.2) is 0 Å². The van der Waals surface area contributed by atoms with E-state index in [2.05, 4.69) is 27.7 Å². The van der Waals surface area contributed by atoms with Crippen LogP contribution in [0.25, 0.3) is 0 Å². The highest BCUT2D eigenvalue weighted by Crippen LogP contribution is 2.45. The number of carbonyl (C=O) groups is 1. The van der Waals surface area contributed by atoms with Gasteiger partial charge < -0.3 is 17.7 Å². The van der Waals surface area contributed by atoms with Crippen molar-refractivity contribution in [3.63, 3.8) is 0 Å². The Kier molecular flexibility index (Phi) is 10.9. The highest BCUT2D eigenvalue weighted by molar-refractivity contribution is 6.76. The van der Waals surface area contributed by atoms with E-state index in [0.717, 1.165) is 12.1 Å². The number of carbonyl (C=O) groups excluding carboxylic acids is 1. The predicted octanol–water partition coefficient (Wildman–Crippen LogP) is 5.64. The average Bonchev–Trinajstić information content (AvgIpc) is 2.65. The second-order valence-electron chi connectivity index (χ2n) is 9.42. The fraction of sp³-hybridized carbons (Fsp3) is 0.952. The van der Waals surface area contributed by atoms with Gasteiger partial charge in [0, 0.05) is 27.4 Å². The molecular weight excluding hydrogens is 388 g/mol. The van der Waals surface area contributed by atoms with Gasteiger partial charge in [0.2, 0.25) is 0 Å². The van der Waals surface area contributed by atoms with E-state index in [1.165, 1.54) is 32.1 Å². The second-order valence-corrected chi connectivity index (χ2v) is 16.4. The van der Waals surface area contributed by atoms with Crippen LogP contribution in [0.1, 0.15) is 66.7 Å². The molecule has 1 rings (SSSR count). The molecule has 7 heteroatoms. The lowest BCUT2D eigenvalue weighted by Gasteiger charge is -2.42. The quantitative estimate of drug-likeness (QED) is 0.374. The van der Waals surface area contributed by atoms with Crippen molar-refractivity contribution >= 4 is 23.1 Å². The SMILES string of the molecule is CO[Si](CC(C)C(=O)O[Si](CC(C)C)(CC(C)C)C1CCCCC1)(OC)OC. The Bertz CT molecular complexity index is 441. The number of hydrogen-bond donors (Lipinski definition) is 0. The van der Waals surface area contributed by atoms with Crippen LogP contribution in [-0.4, -0.2) is 44.4 Å². The molecule has 0 aromatic carbocycles. The molecule has 0 aromatic heterocycles. The highest BCUT2D eigenvalue weighted by Gasteiger charge is 2.49. The first-order valence-electron chi connectivity index (χ1n) is 11.0. The van der Waals surface area contributed by atoms with E-state index >= 15 is 0 Å². The van der Waals surface area contributed by atoms with Gasteiger partial charge in [-0.2, -0.15) is 0 Å². The fourth-order valence-corrected chi connectivity index (χ4v) is 12.8. The maximum absolute atomic E-state index is 13.3. The minimum atomic E-state index is -2.81. The van der Waals surface area contributed by atoms with Gasteiger partial charge in [-0.1, -0.05) is 53.9 Å². The fourth-order valence-electron chi connectivity index (χ4n) is 4.85.